The second kappa shape index (κ2) is 7.61. The molecular weight excluding hydrogens is 234 g/mol. The third kappa shape index (κ3) is 4.59. The van der Waals surface area contributed by atoms with E-state index in [4.69, 9.17) is 0 Å². The topological polar surface area (TPSA) is 28.2 Å². The van der Waals surface area contributed by atoms with Gasteiger partial charge >= 0.3 is 0 Å². The lowest BCUT2D eigenvalue weighted by atomic mass is 9.99. The molecule has 3 heteroatoms. The summed E-state index contributed by atoms with van der Waals surface area (Å²) in [4.78, 5) is 6.78. The highest BCUT2D eigenvalue weighted by molar-refractivity contribution is 5.03. The Morgan fingerprint density at radius 1 is 1.37 bits per heavy atom. The maximum absolute atomic E-state index is 4.39. The third-order valence-electron chi connectivity index (χ3n) is 4.17. The van der Waals surface area contributed by atoms with Gasteiger partial charge in [0.2, 0.25) is 0 Å². The molecule has 19 heavy (non-hydrogen) atoms. The normalized spacial score (nSPS) is 23.1. The Hall–Kier alpha value is -0.930. The summed E-state index contributed by atoms with van der Waals surface area (Å²) in [5.74, 6) is 0.867. The van der Waals surface area contributed by atoms with Crippen molar-refractivity contribution in [3.63, 3.8) is 0 Å². The minimum absolute atomic E-state index is 0.758. The highest BCUT2D eigenvalue weighted by Gasteiger charge is 2.26. The van der Waals surface area contributed by atoms with Crippen molar-refractivity contribution in [3.8, 4) is 0 Å². The van der Waals surface area contributed by atoms with Gasteiger partial charge < -0.3 is 10.2 Å². The Kier molecular flexibility index (Phi) is 5.80. The molecule has 1 N–H and O–H groups in total. The van der Waals surface area contributed by atoms with Gasteiger partial charge in [0.1, 0.15) is 0 Å². The number of pyridine rings is 1. The van der Waals surface area contributed by atoms with Crippen LogP contribution < -0.4 is 5.32 Å². The standard InChI is InChI=1S/C16H27N3/c1-3-17-16-9-6-7-14(16)10-12-19(2)13-15-8-4-5-11-18-15/h4-5,8,11,14,16-17H,3,6-7,9-10,12-13H2,1-2H3. The smallest absolute Gasteiger partial charge is 0.0543 e. The van der Waals surface area contributed by atoms with Crippen LogP contribution in [0.4, 0.5) is 0 Å². The molecule has 1 aliphatic carbocycles. The van der Waals surface area contributed by atoms with Crippen molar-refractivity contribution in [2.45, 2.75) is 45.2 Å². The fraction of sp³-hybridized carbons (Fsp3) is 0.688. The highest BCUT2D eigenvalue weighted by atomic mass is 15.1. The van der Waals surface area contributed by atoms with Crippen molar-refractivity contribution in [2.24, 2.45) is 5.92 Å². The summed E-state index contributed by atoms with van der Waals surface area (Å²) in [6.45, 7) is 5.44. The van der Waals surface area contributed by atoms with Gasteiger partial charge in [0.25, 0.3) is 0 Å². The van der Waals surface area contributed by atoms with Crippen molar-refractivity contribution >= 4 is 0 Å². The van der Waals surface area contributed by atoms with Crippen LogP contribution in [0, 0.1) is 5.92 Å². The summed E-state index contributed by atoms with van der Waals surface area (Å²) in [6, 6.07) is 6.90. The zero-order valence-electron chi connectivity index (χ0n) is 12.3. The van der Waals surface area contributed by atoms with Crippen molar-refractivity contribution in [1.29, 1.82) is 0 Å². The van der Waals surface area contributed by atoms with E-state index in [1.165, 1.54) is 37.9 Å². The summed E-state index contributed by atoms with van der Waals surface area (Å²) in [5.41, 5.74) is 1.17. The van der Waals surface area contributed by atoms with E-state index in [0.717, 1.165) is 25.0 Å². The van der Waals surface area contributed by atoms with E-state index in [1.807, 2.05) is 12.3 Å². The molecule has 1 aliphatic rings. The second-order valence-corrected chi connectivity index (χ2v) is 5.70. The number of rotatable bonds is 7. The van der Waals surface area contributed by atoms with Crippen LogP contribution in [0.5, 0.6) is 0 Å². The zero-order valence-corrected chi connectivity index (χ0v) is 12.3. The SMILES string of the molecule is CCNC1CCCC1CCN(C)Cc1ccccn1. The number of nitrogens with zero attached hydrogens (tertiary/aromatic N) is 2. The van der Waals surface area contributed by atoms with Gasteiger partial charge in [0, 0.05) is 18.8 Å². The Morgan fingerprint density at radius 3 is 3.00 bits per heavy atom. The minimum Gasteiger partial charge on any atom is -0.314 e. The second-order valence-electron chi connectivity index (χ2n) is 5.70. The van der Waals surface area contributed by atoms with Crippen LogP contribution >= 0.6 is 0 Å². The van der Waals surface area contributed by atoms with Crippen molar-refractivity contribution in [3.05, 3.63) is 30.1 Å². The minimum atomic E-state index is 0.758. The van der Waals surface area contributed by atoms with Crippen molar-refractivity contribution in [1.82, 2.24) is 15.2 Å². The van der Waals surface area contributed by atoms with E-state index in [9.17, 15) is 0 Å². The highest BCUT2D eigenvalue weighted by Crippen LogP contribution is 2.28. The molecule has 0 saturated heterocycles. The number of nitrogens with one attached hydrogen (secondary N) is 1. The van der Waals surface area contributed by atoms with Crippen LogP contribution in [-0.4, -0.2) is 36.1 Å². The maximum atomic E-state index is 4.39. The molecule has 1 fully saturated rings. The van der Waals surface area contributed by atoms with E-state index < -0.39 is 0 Å². The molecule has 1 saturated carbocycles. The predicted molar refractivity (Wildman–Crippen MR) is 80.0 cm³/mol. The summed E-state index contributed by atoms with van der Waals surface area (Å²) in [7, 11) is 2.20. The first-order valence-electron chi connectivity index (χ1n) is 7.61. The van der Waals surface area contributed by atoms with Gasteiger partial charge in [-0.05, 0) is 57.5 Å². The number of aromatic nitrogens is 1. The van der Waals surface area contributed by atoms with Gasteiger partial charge in [-0.3, -0.25) is 4.98 Å². The van der Waals surface area contributed by atoms with E-state index >= 15 is 0 Å². The van der Waals surface area contributed by atoms with Gasteiger partial charge in [-0.15, -0.1) is 0 Å². The van der Waals surface area contributed by atoms with Crippen LogP contribution in [0.15, 0.2) is 24.4 Å². The molecule has 2 unspecified atom stereocenters. The Balaban J connectivity index is 1.72. The summed E-state index contributed by atoms with van der Waals surface area (Å²) >= 11 is 0. The fourth-order valence-electron chi connectivity index (χ4n) is 3.15. The molecule has 2 atom stereocenters. The number of hydrogen-bond donors (Lipinski definition) is 1. The lowest BCUT2D eigenvalue weighted by molar-refractivity contribution is 0.273. The quantitative estimate of drug-likeness (QED) is 0.818. The average molecular weight is 261 g/mol. The van der Waals surface area contributed by atoms with Gasteiger partial charge in [0.05, 0.1) is 5.69 Å². The van der Waals surface area contributed by atoms with Crippen molar-refractivity contribution < 1.29 is 0 Å². The zero-order chi connectivity index (χ0) is 13.5. The molecule has 0 aliphatic heterocycles. The summed E-state index contributed by atoms with van der Waals surface area (Å²) in [6.07, 6.45) is 7.34. The molecule has 0 aromatic carbocycles. The van der Waals surface area contributed by atoms with Crippen molar-refractivity contribution in [2.75, 3.05) is 20.1 Å². The average Bonchev–Trinajstić information content (AvgIpc) is 2.85. The largest absolute Gasteiger partial charge is 0.314 e. The summed E-state index contributed by atoms with van der Waals surface area (Å²) < 4.78 is 0. The van der Waals surface area contributed by atoms with Gasteiger partial charge in [-0.2, -0.15) is 0 Å². The van der Waals surface area contributed by atoms with E-state index in [2.05, 4.69) is 41.3 Å². The molecule has 0 radical (unpaired) electrons. The molecule has 1 heterocycles. The lowest BCUT2D eigenvalue weighted by Crippen LogP contribution is -2.34. The first-order valence-corrected chi connectivity index (χ1v) is 7.61. The van der Waals surface area contributed by atoms with E-state index in [-0.39, 0.29) is 0 Å². The predicted octanol–water partition coefficient (Wildman–Crippen LogP) is 2.68. The van der Waals surface area contributed by atoms with E-state index in [1.54, 1.807) is 0 Å². The van der Waals surface area contributed by atoms with Crippen LogP contribution in [-0.2, 0) is 6.54 Å². The lowest BCUT2D eigenvalue weighted by Gasteiger charge is -2.23. The molecule has 2 rings (SSSR count). The van der Waals surface area contributed by atoms with E-state index in [0.29, 0.717) is 0 Å². The molecule has 1 aromatic rings. The summed E-state index contributed by atoms with van der Waals surface area (Å²) in [5, 5.41) is 3.64. The molecule has 106 valence electrons. The maximum Gasteiger partial charge on any atom is 0.0543 e. The Labute approximate surface area is 117 Å². The monoisotopic (exact) mass is 261 g/mol. The first-order chi connectivity index (χ1) is 9.29. The molecule has 0 spiro atoms. The van der Waals surface area contributed by atoms with Gasteiger partial charge in [-0.1, -0.05) is 19.4 Å². The first kappa shape index (κ1) is 14.5. The fourth-order valence-corrected chi connectivity index (χ4v) is 3.15. The van der Waals surface area contributed by atoms with Crippen LogP contribution in [0.1, 0.15) is 38.3 Å². The molecule has 0 bridgehead atoms. The van der Waals surface area contributed by atoms with Gasteiger partial charge in [-0.25, -0.2) is 0 Å². The van der Waals surface area contributed by atoms with Crippen LogP contribution in [0.3, 0.4) is 0 Å². The van der Waals surface area contributed by atoms with Gasteiger partial charge in [0.15, 0.2) is 0 Å². The molecule has 0 amide bonds. The van der Waals surface area contributed by atoms with Crippen LogP contribution in [0.25, 0.3) is 0 Å². The van der Waals surface area contributed by atoms with Crippen LogP contribution in [0.2, 0.25) is 0 Å². The molecular formula is C16H27N3. The Morgan fingerprint density at radius 2 is 2.26 bits per heavy atom. The Bertz CT molecular complexity index is 352. The third-order valence-corrected chi connectivity index (χ3v) is 4.17. The molecule has 3 nitrogen and oxygen atoms in total. The molecule has 1 aromatic heterocycles. The number of hydrogen-bond acceptors (Lipinski definition) is 3.